The number of carbonyl (C=O) groups is 2. The van der Waals surface area contributed by atoms with E-state index in [0.29, 0.717) is 30.2 Å². The lowest BCUT2D eigenvalue weighted by molar-refractivity contribution is -0.142. The zero-order valence-corrected chi connectivity index (χ0v) is 21.3. The molecule has 35 heavy (non-hydrogen) atoms. The summed E-state index contributed by atoms with van der Waals surface area (Å²) in [4.78, 5) is 33.4. The lowest BCUT2D eigenvalue weighted by Crippen LogP contribution is -2.49. The molecule has 3 saturated carbocycles. The van der Waals surface area contributed by atoms with E-state index in [2.05, 4.69) is 34.1 Å². The molecule has 1 aromatic carbocycles. The molecule has 3 heterocycles. The first-order valence-electron chi connectivity index (χ1n) is 13.8. The summed E-state index contributed by atoms with van der Waals surface area (Å²) in [7, 11) is 0. The summed E-state index contributed by atoms with van der Waals surface area (Å²) in [5.74, 6) is 3.59. The molecule has 7 heteroatoms. The number of hydrogen-bond donors (Lipinski definition) is 0. The van der Waals surface area contributed by atoms with Crippen LogP contribution < -0.4 is 4.90 Å². The third kappa shape index (κ3) is 3.72. The van der Waals surface area contributed by atoms with Gasteiger partial charge in [-0.1, -0.05) is 25.0 Å². The molecule has 2 aliphatic heterocycles. The summed E-state index contributed by atoms with van der Waals surface area (Å²) in [5.41, 5.74) is 0. The van der Waals surface area contributed by atoms with Crippen molar-refractivity contribution in [3.8, 4) is 0 Å². The van der Waals surface area contributed by atoms with Crippen LogP contribution in [0, 0.1) is 35.5 Å². The predicted octanol–water partition coefficient (Wildman–Crippen LogP) is 4.26. The van der Waals surface area contributed by atoms with E-state index >= 15 is 0 Å². The van der Waals surface area contributed by atoms with E-state index in [1.165, 1.54) is 29.3 Å². The van der Waals surface area contributed by atoms with Gasteiger partial charge in [0.1, 0.15) is 5.82 Å². The van der Waals surface area contributed by atoms with Gasteiger partial charge in [-0.15, -0.1) is 0 Å². The molecule has 6 atom stereocenters. The summed E-state index contributed by atoms with van der Waals surface area (Å²) >= 11 is 1.60. The minimum atomic E-state index is 0.0261. The Morgan fingerprint density at radius 1 is 0.829 bits per heavy atom. The van der Waals surface area contributed by atoms with Gasteiger partial charge in [0.15, 0.2) is 0 Å². The van der Waals surface area contributed by atoms with Crippen LogP contribution in [0.3, 0.4) is 0 Å². The van der Waals surface area contributed by atoms with Crippen molar-refractivity contribution in [1.29, 1.82) is 0 Å². The van der Waals surface area contributed by atoms with Gasteiger partial charge in [0, 0.05) is 44.7 Å². The summed E-state index contributed by atoms with van der Waals surface area (Å²) in [6.07, 6.45) is 8.35. The SMILES string of the molecule is O=C1[C@@H]2[C@H]3CC[C@@H](C3)[C@H]2C(=O)N1C[C@@H]1CCCC[C@H]1CN1CCN(c2nsc3ccccc23)CC1. The fraction of sp³-hybridized carbons (Fsp3) is 0.679. The van der Waals surface area contributed by atoms with Crippen LogP contribution in [0.1, 0.15) is 44.9 Å². The number of rotatable bonds is 5. The lowest BCUT2D eigenvalue weighted by atomic mass is 9.78. The fourth-order valence-electron chi connectivity index (χ4n) is 8.22. The average Bonchev–Trinajstić information content (AvgIpc) is 3.66. The van der Waals surface area contributed by atoms with Crippen molar-refractivity contribution in [3.05, 3.63) is 24.3 Å². The topological polar surface area (TPSA) is 56.8 Å². The molecule has 0 radical (unpaired) electrons. The largest absolute Gasteiger partial charge is 0.353 e. The number of benzene rings is 1. The number of anilines is 1. The highest BCUT2D eigenvalue weighted by atomic mass is 32.1. The molecule has 1 aromatic heterocycles. The Morgan fingerprint density at radius 2 is 1.49 bits per heavy atom. The molecular weight excluding hydrogens is 456 g/mol. The van der Waals surface area contributed by atoms with Crippen LogP contribution in [-0.2, 0) is 9.59 Å². The number of amides is 2. The normalized spacial score (nSPS) is 35.4. The Bertz CT molecular complexity index is 1100. The van der Waals surface area contributed by atoms with Crippen LogP contribution in [0.4, 0.5) is 5.82 Å². The van der Waals surface area contributed by atoms with Crippen LogP contribution in [0.15, 0.2) is 24.3 Å². The van der Waals surface area contributed by atoms with Gasteiger partial charge >= 0.3 is 0 Å². The lowest BCUT2D eigenvalue weighted by Gasteiger charge is -2.40. The first kappa shape index (κ1) is 22.2. The number of nitrogens with zero attached hydrogens (tertiary/aromatic N) is 4. The standard InChI is InChI=1S/C28H36N4O2S/c33-27-24-18-9-10-19(15-18)25(24)28(34)32(27)17-21-6-2-1-5-20(21)16-30-11-13-31(14-12-30)26-22-7-3-4-8-23(22)35-29-26/h3-4,7-8,18-21,24-25H,1-2,5-6,9-17H2/t18-,19-,20-,21-,24+,25+/m0/s1. The van der Waals surface area contributed by atoms with E-state index in [-0.39, 0.29) is 23.7 Å². The van der Waals surface area contributed by atoms with Crippen LogP contribution in [0.5, 0.6) is 0 Å². The highest BCUT2D eigenvalue weighted by molar-refractivity contribution is 7.13. The molecule has 0 unspecified atom stereocenters. The molecule has 186 valence electrons. The molecule has 5 fully saturated rings. The number of fused-ring (bicyclic) bond motifs is 6. The third-order valence-electron chi connectivity index (χ3n) is 10.0. The molecule has 5 aliphatic rings. The Morgan fingerprint density at radius 3 is 2.20 bits per heavy atom. The summed E-state index contributed by atoms with van der Waals surface area (Å²) in [5, 5.41) is 1.27. The van der Waals surface area contributed by atoms with Crippen LogP contribution in [-0.4, -0.2) is 65.3 Å². The van der Waals surface area contributed by atoms with Crippen LogP contribution in [0.2, 0.25) is 0 Å². The van der Waals surface area contributed by atoms with E-state index in [4.69, 9.17) is 4.37 Å². The van der Waals surface area contributed by atoms with Crippen molar-refractivity contribution in [3.63, 3.8) is 0 Å². The number of carbonyl (C=O) groups excluding carboxylic acids is 2. The molecule has 3 aliphatic carbocycles. The molecule has 6 nitrogen and oxygen atoms in total. The maximum atomic E-state index is 13.3. The van der Waals surface area contributed by atoms with Crippen molar-refractivity contribution in [2.45, 2.75) is 44.9 Å². The molecule has 2 amide bonds. The minimum absolute atomic E-state index is 0.0261. The second-order valence-electron chi connectivity index (χ2n) is 11.8. The third-order valence-corrected chi connectivity index (χ3v) is 10.8. The fourth-order valence-corrected chi connectivity index (χ4v) is 9.02. The quantitative estimate of drug-likeness (QED) is 0.584. The summed E-state index contributed by atoms with van der Waals surface area (Å²) in [6, 6.07) is 8.54. The predicted molar refractivity (Wildman–Crippen MR) is 138 cm³/mol. The zero-order chi connectivity index (χ0) is 23.5. The van der Waals surface area contributed by atoms with Gasteiger partial charge in [-0.2, -0.15) is 4.37 Å². The van der Waals surface area contributed by atoms with Gasteiger partial charge in [-0.3, -0.25) is 19.4 Å². The smallest absolute Gasteiger partial charge is 0.233 e. The first-order valence-corrected chi connectivity index (χ1v) is 14.6. The Kier molecular flexibility index (Phi) is 5.61. The van der Waals surface area contributed by atoms with E-state index in [0.717, 1.165) is 64.2 Å². The number of imide groups is 1. The van der Waals surface area contributed by atoms with Gasteiger partial charge in [-0.05, 0) is 79.4 Å². The molecular formula is C28H36N4O2S. The van der Waals surface area contributed by atoms with Crippen molar-refractivity contribution in [2.75, 3.05) is 44.2 Å². The maximum Gasteiger partial charge on any atom is 0.233 e. The van der Waals surface area contributed by atoms with Gasteiger partial charge in [0.25, 0.3) is 0 Å². The van der Waals surface area contributed by atoms with Crippen LogP contribution >= 0.6 is 11.5 Å². The minimum Gasteiger partial charge on any atom is -0.353 e. The number of aromatic nitrogens is 1. The Balaban J connectivity index is 0.986. The highest BCUT2D eigenvalue weighted by Crippen LogP contribution is 2.56. The second kappa shape index (κ2) is 8.84. The molecule has 7 rings (SSSR count). The summed E-state index contributed by atoms with van der Waals surface area (Å²) in [6.45, 7) is 5.93. The number of piperazine rings is 1. The maximum absolute atomic E-state index is 13.3. The van der Waals surface area contributed by atoms with E-state index < -0.39 is 0 Å². The van der Waals surface area contributed by atoms with Gasteiger partial charge in [-0.25, -0.2) is 0 Å². The average molecular weight is 493 g/mol. The van der Waals surface area contributed by atoms with Gasteiger partial charge < -0.3 is 4.90 Å². The molecule has 2 saturated heterocycles. The monoisotopic (exact) mass is 492 g/mol. The Hall–Kier alpha value is -1.99. The Labute approximate surface area is 211 Å². The number of hydrogen-bond acceptors (Lipinski definition) is 6. The number of likely N-dealkylation sites (tertiary alicyclic amines) is 1. The van der Waals surface area contributed by atoms with Gasteiger partial charge in [0.05, 0.1) is 16.5 Å². The molecule has 2 aromatic rings. The van der Waals surface area contributed by atoms with Crippen LogP contribution in [0.25, 0.3) is 10.1 Å². The van der Waals surface area contributed by atoms with Crippen molar-refractivity contribution >= 4 is 39.3 Å². The van der Waals surface area contributed by atoms with Crippen molar-refractivity contribution < 1.29 is 9.59 Å². The van der Waals surface area contributed by atoms with Gasteiger partial charge in [0.2, 0.25) is 11.8 Å². The van der Waals surface area contributed by atoms with E-state index in [1.54, 1.807) is 16.4 Å². The van der Waals surface area contributed by atoms with E-state index in [1.807, 2.05) is 0 Å². The summed E-state index contributed by atoms with van der Waals surface area (Å²) < 4.78 is 6.02. The second-order valence-corrected chi connectivity index (χ2v) is 12.6. The van der Waals surface area contributed by atoms with Crippen molar-refractivity contribution in [2.24, 2.45) is 35.5 Å². The van der Waals surface area contributed by atoms with E-state index in [9.17, 15) is 9.59 Å². The molecule has 0 spiro atoms. The zero-order valence-electron chi connectivity index (χ0n) is 20.5. The molecule has 0 N–H and O–H groups in total. The van der Waals surface area contributed by atoms with Crippen molar-refractivity contribution in [1.82, 2.24) is 14.2 Å². The highest BCUT2D eigenvalue weighted by Gasteiger charge is 2.61. The first-order chi connectivity index (χ1) is 17.2. The molecule has 2 bridgehead atoms.